The van der Waals surface area contributed by atoms with Gasteiger partial charge in [0.05, 0.1) is 5.56 Å². The van der Waals surface area contributed by atoms with E-state index in [1.165, 1.54) is 0 Å². The predicted octanol–water partition coefficient (Wildman–Crippen LogP) is 4.47. The van der Waals surface area contributed by atoms with Crippen molar-refractivity contribution in [2.24, 2.45) is 0 Å². The van der Waals surface area contributed by atoms with Gasteiger partial charge in [-0.1, -0.05) is 22.9 Å². The van der Waals surface area contributed by atoms with E-state index in [-0.39, 0.29) is 11.9 Å². The third-order valence-electron chi connectivity index (χ3n) is 2.89. The van der Waals surface area contributed by atoms with Gasteiger partial charge in [0.1, 0.15) is 0 Å². The first kappa shape index (κ1) is 14.7. The second-order valence-corrected chi connectivity index (χ2v) is 5.74. The van der Waals surface area contributed by atoms with Crippen molar-refractivity contribution in [3.63, 3.8) is 0 Å². The van der Waals surface area contributed by atoms with E-state index in [0.717, 1.165) is 27.5 Å². The Morgan fingerprint density at radius 3 is 2.47 bits per heavy atom. The zero-order chi connectivity index (χ0) is 13.0. The van der Waals surface area contributed by atoms with Crippen molar-refractivity contribution in [2.45, 2.75) is 33.2 Å². The molecule has 4 heteroatoms. The number of halogens is 2. The normalized spacial score (nSPS) is 12.3. The highest BCUT2D eigenvalue weighted by atomic mass is 79.9. The first-order chi connectivity index (χ1) is 8.01. The van der Waals surface area contributed by atoms with Crippen molar-refractivity contribution >= 4 is 37.8 Å². The maximum Gasteiger partial charge on any atom is 0.255 e. The molecule has 0 saturated carbocycles. The minimum absolute atomic E-state index is 0.0845. The van der Waals surface area contributed by atoms with E-state index in [2.05, 4.69) is 45.7 Å². The summed E-state index contributed by atoms with van der Waals surface area (Å²) >= 11 is 6.83. The van der Waals surface area contributed by atoms with Gasteiger partial charge in [-0.25, -0.2) is 0 Å². The number of hydrogen-bond donors (Lipinski definition) is 0. The molecule has 0 heterocycles. The highest BCUT2D eigenvalue weighted by Crippen LogP contribution is 2.24. The zero-order valence-corrected chi connectivity index (χ0v) is 13.5. The lowest BCUT2D eigenvalue weighted by Crippen LogP contribution is -2.38. The Balaban J connectivity index is 3.02. The molecule has 0 fully saturated rings. The number of rotatable bonds is 4. The Morgan fingerprint density at radius 2 is 2.00 bits per heavy atom. The minimum atomic E-state index is 0.0845. The average Bonchev–Trinajstić information content (AvgIpc) is 2.29. The van der Waals surface area contributed by atoms with E-state index in [1.807, 2.05) is 30.0 Å². The standard InChI is InChI=1S/C13H17Br2NO/c1-4-9(3)16(5-2)13(17)11-7-6-10(14)8-12(11)15/h6-9H,4-5H2,1-3H3. The molecule has 0 aliphatic heterocycles. The number of nitrogens with zero attached hydrogens (tertiary/aromatic N) is 1. The molecule has 1 aromatic rings. The van der Waals surface area contributed by atoms with Crippen LogP contribution in [0.15, 0.2) is 27.1 Å². The number of carbonyl (C=O) groups is 1. The minimum Gasteiger partial charge on any atom is -0.336 e. The Hall–Kier alpha value is -0.350. The second kappa shape index (κ2) is 6.55. The summed E-state index contributed by atoms with van der Waals surface area (Å²) in [5, 5.41) is 0. The molecular formula is C13H17Br2NO. The van der Waals surface area contributed by atoms with Crippen molar-refractivity contribution in [3.8, 4) is 0 Å². The summed E-state index contributed by atoms with van der Waals surface area (Å²) in [6, 6.07) is 5.91. The van der Waals surface area contributed by atoms with Gasteiger partial charge in [-0.05, 0) is 54.4 Å². The fraction of sp³-hybridized carbons (Fsp3) is 0.462. The van der Waals surface area contributed by atoms with Crippen LogP contribution in [-0.4, -0.2) is 23.4 Å². The van der Waals surface area contributed by atoms with Crippen LogP contribution >= 0.6 is 31.9 Å². The maximum absolute atomic E-state index is 12.4. The molecule has 0 bridgehead atoms. The lowest BCUT2D eigenvalue weighted by Gasteiger charge is -2.27. The number of benzene rings is 1. The molecule has 94 valence electrons. The predicted molar refractivity (Wildman–Crippen MR) is 78.3 cm³/mol. The van der Waals surface area contributed by atoms with E-state index < -0.39 is 0 Å². The smallest absolute Gasteiger partial charge is 0.255 e. The summed E-state index contributed by atoms with van der Waals surface area (Å²) in [5.41, 5.74) is 0.718. The average molecular weight is 363 g/mol. The Morgan fingerprint density at radius 1 is 1.35 bits per heavy atom. The fourth-order valence-electron chi connectivity index (χ4n) is 1.69. The number of carbonyl (C=O) groups excluding carboxylic acids is 1. The van der Waals surface area contributed by atoms with Crippen LogP contribution < -0.4 is 0 Å². The van der Waals surface area contributed by atoms with Gasteiger partial charge in [-0.15, -0.1) is 0 Å². The fourth-order valence-corrected chi connectivity index (χ4v) is 2.91. The van der Waals surface area contributed by atoms with E-state index in [4.69, 9.17) is 0 Å². The molecule has 0 N–H and O–H groups in total. The second-order valence-electron chi connectivity index (χ2n) is 3.97. The number of amides is 1. The summed E-state index contributed by atoms with van der Waals surface area (Å²) in [7, 11) is 0. The third-order valence-corrected chi connectivity index (χ3v) is 4.04. The molecule has 0 aliphatic rings. The Bertz CT molecular complexity index is 406. The van der Waals surface area contributed by atoms with Crippen molar-refractivity contribution in [1.29, 1.82) is 0 Å². The van der Waals surface area contributed by atoms with Crippen LogP contribution in [0.3, 0.4) is 0 Å². The Labute approximate surface area is 120 Å². The molecule has 1 atom stereocenters. The Kier molecular flexibility index (Phi) is 5.67. The highest BCUT2D eigenvalue weighted by molar-refractivity contribution is 9.11. The monoisotopic (exact) mass is 361 g/mol. The van der Waals surface area contributed by atoms with E-state index >= 15 is 0 Å². The summed E-state index contributed by atoms with van der Waals surface area (Å²) in [5.74, 6) is 0.0845. The summed E-state index contributed by atoms with van der Waals surface area (Å²) < 4.78 is 1.80. The molecule has 0 radical (unpaired) electrons. The quantitative estimate of drug-likeness (QED) is 0.773. The molecule has 1 amide bonds. The molecule has 0 saturated heterocycles. The third kappa shape index (κ3) is 3.55. The van der Waals surface area contributed by atoms with E-state index in [9.17, 15) is 4.79 Å². The maximum atomic E-state index is 12.4. The van der Waals surface area contributed by atoms with Crippen LogP contribution in [0, 0.1) is 0 Å². The van der Waals surface area contributed by atoms with Crippen LogP contribution in [0.5, 0.6) is 0 Å². The highest BCUT2D eigenvalue weighted by Gasteiger charge is 2.20. The summed E-state index contributed by atoms with van der Waals surface area (Å²) in [6.07, 6.45) is 0.966. The van der Waals surface area contributed by atoms with Gasteiger partial charge in [0.15, 0.2) is 0 Å². The lowest BCUT2D eigenvalue weighted by molar-refractivity contribution is 0.0699. The van der Waals surface area contributed by atoms with Gasteiger partial charge in [0.25, 0.3) is 5.91 Å². The first-order valence-electron chi connectivity index (χ1n) is 5.77. The van der Waals surface area contributed by atoms with Gasteiger partial charge in [-0.3, -0.25) is 4.79 Å². The molecule has 0 aliphatic carbocycles. The van der Waals surface area contributed by atoms with Crippen molar-refractivity contribution in [2.75, 3.05) is 6.54 Å². The lowest BCUT2D eigenvalue weighted by atomic mass is 10.1. The van der Waals surface area contributed by atoms with Crippen LogP contribution in [-0.2, 0) is 0 Å². The van der Waals surface area contributed by atoms with Crippen molar-refractivity contribution < 1.29 is 4.79 Å². The summed E-state index contributed by atoms with van der Waals surface area (Å²) in [6.45, 7) is 6.92. The van der Waals surface area contributed by atoms with Gasteiger partial charge < -0.3 is 4.90 Å². The summed E-state index contributed by atoms with van der Waals surface area (Å²) in [4.78, 5) is 14.3. The van der Waals surface area contributed by atoms with Crippen LogP contribution in [0.2, 0.25) is 0 Å². The van der Waals surface area contributed by atoms with Crippen LogP contribution in [0.1, 0.15) is 37.6 Å². The largest absolute Gasteiger partial charge is 0.336 e. The van der Waals surface area contributed by atoms with Crippen LogP contribution in [0.4, 0.5) is 0 Å². The van der Waals surface area contributed by atoms with E-state index in [1.54, 1.807) is 0 Å². The molecular weight excluding hydrogens is 346 g/mol. The van der Waals surface area contributed by atoms with Gasteiger partial charge >= 0.3 is 0 Å². The van der Waals surface area contributed by atoms with Crippen LogP contribution in [0.25, 0.3) is 0 Å². The van der Waals surface area contributed by atoms with E-state index in [0.29, 0.717) is 0 Å². The first-order valence-corrected chi connectivity index (χ1v) is 7.35. The van der Waals surface area contributed by atoms with Gasteiger partial charge in [-0.2, -0.15) is 0 Å². The SMILES string of the molecule is CCC(C)N(CC)C(=O)c1ccc(Br)cc1Br. The molecule has 1 unspecified atom stereocenters. The molecule has 0 spiro atoms. The molecule has 1 rings (SSSR count). The van der Waals surface area contributed by atoms with Crippen molar-refractivity contribution in [1.82, 2.24) is 4.90 Å². The number of hydrogen-bond acceptors (Lipinski definition) is 1. The van der Waals surface area contributed by atoms with Crippen molar-refractivity contribution in [3.05, 3.63) is 32.7 Å². The molecule has 2 nitrogen and oxygen atoms in total. The molecule has 17 heavy (non-hydrogen) atoms. The molecule has 1 aromatic carbocycles. The topological polar surface area (TPSA) is 20.3 Å². The molecule has 0 aromatic heterocycles. The van der Waals surface area contributed by atoms with Gasteiger partial charge in [0.2, 0.25) is 0 Å². The van der Waals surface area contributed by atoms with Gasteiger partial charge in [0, 0.05) is 21.5 Å². The zero-order valence-electron chi connectivity index (χ0n) is 10.3.